The fourth-order valence-corrected chi connectivity index (χ4v) is 12.2. The van der Waals surface area contributed by atoms with Crippen molar-refractivity contribution in [1.29, 1.82) is 0 Å². The van der Waals surface area contributed by atoms with Crippen LogP contribution < -0.4 is 0 Å². The van der Waals surface area contributed by atoms with Crippen LogP contribution in [0, 0.1) is 0 Å². The second kappa shape index (κ2) is 46.2. The number of carbonyl (C=O) groups excluding carboxylic acids is 1. The van der Waals surface area contributed by atoms with E-state index in [-0.39, 0.29) is 5.97 Å². The molecule has 0 aliphatic carbocycles. The summed E-state index contributed by atoms with van der Waals surface area (Å²) in [6.07, 6.45) is 47.0. The summed E-state index contributed by atoms with van der Waals surface area (Å²) < 4.78 is 5.75. The maximum absolute atomic E-state index is 12.4. The van der Waals surface area contributed by atoms with E-state index in [2.05, 4.69) is 32.8 Å². The molecule has 3 nitrogen and oxygen atoms in total. The number of ether oxygens (including phenoxy) is 1. The molecule has 0 rings (SSSR count). The Bertz CT molecular complexity index is 684. The van der Waals surface area contributed by atoms with Crippen LogP contribution in [0.4, 0.5) is 0 Å². The number of hydrogen-bond donors (Lipinski definition) is 0. The van der Waals surface area contributed by atoms with E-state index in [0.717, 1.165) is 18.7 Å². The van der Waals surface area contributed by atoms with Crippen LogP contribution in [0.15, 0.2) is 0 Å². The molecule has 0 bridgehead atoms. The van der Waals surface area contributed by atoms with Crippen molar-refractivity contribution in [2.75, 3.05) is 44.5 Å². The van der Waals surface area contributed by atoms with Crippen LogP contribution in [-0.4, -0.2) is 60.6 Å². The Morgan fingerprint density at radius 3 is 1.17 bits per heavy atom. The number of hydrogen-bond acceptors (Lipinski definition) is 7. The summed E-state index contributed by atoms with van der Waals surface area (Å²) in [4.78, 5) is 14.5. The highest BCUT2D eigenvalue weighted by Crippen LogP contribution is 2.34. The van der Waals surface area contributed by atoms with Crippen LogP contribution in [0.1, 0.15) is 232 Å². The maximum atomic E-state index is 12.4. The van der Waals surface area contributed by atoms with Gasteiger partial charge in [0.25, 0.3) is 0 Å². The molecule has 1 unspecified atom stereocenters. The van der Waals surface area contributed by atoms with Gasteiger partial charge in [-0.05, 0) is 39.9 Å². The highest BCUT2D eigenvalue weighted by molar-refractivity contribution is 8.78. The van der Waals surface area contributed by atoms with E-state index in [9.17, 15) is 4.79 Å². The van der Waals surface area contributed by atoms with Gasteiger partial charge in [0.05, 0.1) is 5.25 Å². The smallest absolute Gasteiger partial charge is 0.305 e. The molecule has 1 atom stereocenters. The van der Waals surface area contributed by atoms with Gasteiger partial charge < -0.3 is 9.64 Å². The zero-order chi connectivity index (χ0) is 37.8. The molecule has 0 saturated carbocycles. The number of unbranched alkanes of at least 4 members (excludes halogenated alkanes) is 30. The van der Waals surface area contributed by atoms with Gasteiger partial charge >= 0.3 is 5.97 Å². The predicted octanol–water partition coefficient (Wildman–Crippen LogP) is 16.5. The summed E-state index contributed by atoms with van der Waals surface area (Å²) >= 11 is 0. The minimum atomic E-state index is -0.0268. The average Bonchev–Trinajstić information content (AvgIpc) is 3.13. The molecule has 0 aliphatic rings. The summed E-state index contributed by atoms with van der Waals surface area (Å²) in [5, 5.41) is 0.382. The number of carbonyl (C=O) groups is 1. The lowest BCUT2D eigenvalue weighted by atomic mass is 10.0. The summed E-state index contributed by atoms with van der Waals surface area (Å²) in [6, 6.07) is 0. The van der Waals surface area contributed by atoms with Crippen molar-refractivity contribution in [1.82, 2.24) is 4.90 Å². The molecule has 312 valence electrons. The quantitative estimate of drug-likeness (QED) is 0.0344. The third-order valence-electron chi connectivity index (χ3n) is 10.1. The van der Waals surface area contributed by atoms with E-state index < -0.39 is 0 Å². The third-order valence-corrected chi connectivity index (χ3v) is 15.8. The van der Waals surface area contributed by atoms with E-state index in [4.69, 9.17) is 4.74 Å². The van der Waals surface area contributed by atoms with Crippen molar-refractivity contribution in [3.05, 3.63) is 0 Å². The zero-order valence-electron chi connectivity index (χ0n) is 35.6. The second-order valence-corrected chi connectivity index (χ2v) is 21.3. The fraction of sp³-hybridized carbons (Fsp3) is 0.978. The SMILES string of the molecule is CCCCCCCCCCCCCCCCCCSSCC(COC(=O)CCCN(C)C)SSCCCCCCCCCCCCCCCCCC. The number of nitrogens with zero attached hydrogens (tertiary/aromatic N) is 1. The molecule has 0 fully saturated rings. The van der Waals surface area contributed by atoms with Gasteiger partial charge in [0.2, 0.25) is 0 Å². The second-order valence-electron chi connectivity index (χ2n) is 15.8. The van der Waals surface area contributed by atoms with Crippen molar-refractivity contribution in [3.63, 3.8) is 0 Å². The Hall–Kier alpha value is 0.830. The van der Waals surface area contributed by atoms with Crippen LogP contribution in [-0.2, 0) is 9.53 Å². The van der Waals surface area contributed by atoms with Crippen molar-refractivity contribution in [3.8, 4) is 0 Å². The highest BCUT2D eigenvalue weighted by Gasteiger charge is 2.14. The summed E-state index contributed by atoms with van der Waals surface area (Å²) in [7, 11) is 12.1. The van der Waals surface area contributed by atoms with E-state index in [1.165, 1.54) is 217 Å². The third kappa shape index (κ3) is 45.2. The van der Waals surface area contributed by atoms with Gasteiger partial charge in [-0.15, -0.1) is 0 Å². The lowest BCUT2D eigenvalue weighted by molar-refractivity contribution is -0.143. The van der Waals surface area contributed by atoms with E-state index in [1.807, 2.05) is 43.2 Å². The minimum absolute atomic E-state index is 0.0268. The monoisotopic (exact) mass is 806 g/mol. The van der Waals surface area contributed by atoms with Crippen LogP contribution in [0.3, 0.4) is 0 Å². The standard InChI is InChI=1S/C45H91NO2S4/c1-5-7-9-11-13-15-17-19-21-23-25-27-29-31-33-35-40-49-51-43-44(42-48-45(47)38-37-39-46(3)4)52-50-41-36-34-32-30-28-26-24-22-20-18-16-14-12-10-8-6-2/h44H,5-43H2,1-4H3. The molecule has 0 N–H and O–H groups in total. The summed E-state index contributed by atoms with van der Waals surface area (Å²) in [5.74, 6) is 3.50. The highest BCUT2D eigenvalue weighted by atomic mass is 33.1. The Morgan fingerprint density at radius 2 is 0.808 bits per heavy atom. The molecule has 0 aliphatic heterocycles. The van der Waals surface area contributed by atoms with E-state index in [1.54, 1.807) is 0 Å². The average molecular weight is 806 g/mol. The zero-order valence-corrected chi connectivity index (χ0v) is 38.8. The molecule has 0 aromatic rings. The van der Waals surface area contributed by atoms with Gasteiger partial charge in [0.1, 0.15) is 6.61 Å². The molecule has 0 aromatic heterocycles. The van der Waals surface area contributed by atoms with Crippen LogP contribution in [0.5, 0.6) is 0 Å². The molecule has 0 aromatic carbocycles. The summed E-state index contributed by atoms with van der Waals surface area (Å²) in [5.41, 5.74) is 0. The molecular formula is C45H91NO2S4. The van der Waals surface area contributed by atoms with Crippen LogP contribution in [0.25, 0.3) is 0 Å². The number of esters is 1. The Morgan fingerprint density at radius 1 is 0.462 bits per heavy atom. The van der Waals surface area contributed by atoms with Crippen LogP contribution >= 0.6 is 43.2 Å². The van der Waals surface area contributed by atoms with E-state index in [0.29, 0.717) is 18.3 Å². The van der Waals surface area contributed by atoms with Crippen molar-refractivity contribution < 1.29 is 9.53 Å². The number of rotatable bonds is 45. The molecule has 0 amide bonds. The lowest BCUT2D eigenvalue weighted by Crippen LogP contribution is -2.19. The first-order valence-corrected chi connectivity index (χ1v) is 27.8. The first kappa shape index (κ1) is 52.8. The van der Waals surface area contributed by atoms with Gasteiger partial charge in [0, 0.05) is 23.7 Å². The van der Waals surface area contributed by atoms with Gasteiger partial charge in [-0.3, -0.25) is 4.79 Å². The molecule has 0 heterocycles. The normalized spacial score (nSPS) is 12.2. The van der Waals surface area contributed by atoms with Crippen molar-refractivity contribution >= 4 is 49.1 Å². The Kier molecular flexibility index (Phi) is 47.0. The maximum Gasteiger partial charge on any atom is 0.305 e. The van der Waals surface area contributed by atoms with Crippen LogP contribution in [0.2, 0.25) is 0 Å². The molecule has 0 saturated heterocycles. The first-order valence-electron chi connectivity index (χ1n) is 22.9. The molecule has 7 heteroatoms. The topological polar surface area (TPSA) is 29.5 Å². The molecular weight excluding hydrogens is 715 g/mol. The van der Waals surface area contributed by atoms with Gasteiger partial charge in [0.15, 0.2) is 0 Å². The first-order chi connectivity index (χ1) is 25.6. The summed E-state index contributed by atoms with van der Waals surface area (Å²) in [6.45, 7) is 6.10. The van der Waals surface area contributed by atoms with Gasteiger partial charge in [-0.2, -0.15) is 0 Å². The molecule has 0 radical (unpaired) electrons. The van der Waals surface area contributed by atoms with Gasteiger partial charge in [-0.25, -0.2) is 0 Å². The molecule has 52 heavy (non-hydrogen) atoms. The fourth-order valence-electron chi connectivity index (χ4n) is 6.65. The minimum Gasteiger partial charge on any atom is -0.464 e. The van der Waals surface area contributed by atoms with E-state index >= 15 is 0 Å². The predicted molar refractivity (Wildman–Crippen MR) is 247 cm³/mol. The van der Waals surface area contributed by atoms with Crippen molar-refractivity contribution in [2.24, 2.45) is 0 Å². The van der Waals surface area contributed by atoms with Gasteiger partial charge in [-0.1, -0.05) is 250 Å². The Balaban J connectivity index is 3.84. The largest absolute Gasteiger partial charge is 0.464 e. The lowest BCUT2D eigenvalue weighted by Gasteiger charge is -2.16. The Labute approximate surface area is 343 Å². The molecule has 0 spiro atoms. The van der Waals surface area contributed by atoms with Crippen molar-refractivity contribution in [2.45, 2.75) is 237 Å².